The summed E-state index contributed by atoms with van der Waals surface area (Å²) in [7, 11) is 0. The number of hydrazine groups is 1. The molecule has 7 heteroatoms. The van der Waals surface area contributed by atoms with Crippen molar-refractivity contribution in [2.24, 2.45) is 0 Å². The Bertz CT molecular complexity index is 628. The van der Waals surface area contributed by atoms with Gasteiger partial charge in [0, 0.05) is 18.8 Å². The van der Waals surface area contributed by atoms with Crippen LogP contribution in [0.15, 0.2) is 24.3 Å². The third-order valence-electron chi connectivity index (χ3n) is 3.88. The normalized spacial score (nSPS) is 21.4. The average molecular weight is 302 g/mol. The number of amides is 2. The number of hydrogen-bond donors (Lipinski definition) is 1. The van der Waals surface area contributed by atoms with Crippen LogP contribution >= 0.6 is 0 Å². The van der Waals surface area contributed by atoms with E-state index in [1.807, 2.05) is 36.1 Å². The first-order valence-electron chi connectivity index (χ1n) is 7.19. The number of fused-ring (bicyclic) bond motifs is 1. The number of ketones is 1. The van der Waals surface area contributed by atoms with E-state index in [2.05, 4.69) is 5.43 Å². The molecule has 2 aliphatic heterocycles. The molecule has 1 aromatic carbocycles. The van der Waals surface area contributed by atoms with Crippen LogP contribution in [-0.2, 0) is 14.4 Å². The zero-order chi connectivity index (χ0) is 15.9. The Morgan fingerprint density at radius 3 is 2.41 bits per heavy atom. The first-order chi connectivity index (χ1) is 10.5. The van der Waals surface area contributed by atoms with E-state index in [0.29, 0.717) is 13.1 Å². The van der Waals surface area contributed by atoms with Gasteiger partial charge < -0.3 is 4.90 Å². The summed E-state index contributed by atoms with van der Waals surface area (Å²) in [6.07, 6.45) is -0.438. The highest BCUT2D eigenvalue weighted by atomic mass is 16.2. The van der Waals surface area contributed by atoms with Gasteiger partial charge in [0.1, 0.15) is 0 Å². The lowest BCUT2D eigenvalue weighted by Gasteiger charge is -2.40. The summed E-state index contributed by atoms with van der Waals surface area (Å²) in [6, 6.07) is 7.97. The van der Waals surface area contributed by atoms with Crippen molar-refractivity contribution in [3.05, 3.63) is 29.8 Å². The first kappa shape index (κ1) is 14.5. The molecule has 22 heavy (non-hydrogen) atoms. The molecule has 7 nitrogen and oxygen atoms in total. The van der Waals surface area contributed by atoms with Crippen LogP contribution in [-0.4, -0.2) is 53.4 Å². The minimum atomic E-state index is -0.683. The number of carbonyl (C=O) groups excluding carboxylic acids is 3. The molecule has 0 bridgehead atoms. The molecule has 3 rings (SSSR count). The fourth-order valence-corrected chi connectivity index (χ4v) is 2.76. The maximum Gasteiger partial charge on any atom is 0.326 e. The van der Waals surface area contributed by atoms with E-state index >= 15 is 0 Å². The van der Waals surface area contributed by atoms with Gasteiger partial charge in [0.2, 0.25) is 0 Å². The second-order valence-electron chi connectivity index (χ2n) is 5.62. The molecule has 2 heterocycles. The van der Waals surface area contributed by atoms with Crippen molar-refractivity contribution in [2.75, 3.05) is 24.5 Å². The molecule has 1 unspecified atom stereocenters. The van der Waals surface area contributed by atoms with Gasteiger partial charge in [-0.15, -0.1) is 0 Å². The molecule has 2 fully saturated rings. The fourth-order valence-electron chi connectivity index (χ4n) is 2.76. The first-order valence-corrected chi connectivity index (χ1v) is 7.19. The van der Waals surface area contributed by atoms with Crippen LogP contribution in [0.5, 0.6) is 0 Å². The quantitative estimate of drug-likeness (QED) is 0.787. The number of benzene rings is 1. The monoisotopic (exact) mass is 302 g/mol. The molecule has 0 aliphatic carbocycles. The molecule has 0 saturated carbocycles. The second kappa shape index (κ2) is 5.42. The van der Waals surface area contributed by atoms with Gasteiger partial charge in [-0.2, -0.15) is 5.43 Å². The zero-order valence-electron chi connectivity index (χ0n) is 12.6. The fraction of sp³-hybridized carbons (Fsp3) is 0.400. The minimum absolute atomic E-state index is 0.114. The van der Waals surface area contributed by atoms with Crippen molar-refractivity contribution < 1.29 is 14.4 Å². The van der Waals surface area contributed by atoms with Crippen LogP contribution in [0.3, 0.4) is 0 Å². The highest BCUT2D eigenvalue weighted by Crippen LogP contribution is 2.25. The molecule has 1 aromatic rings. The summed E-state index contributed by atoms with van der Waals surface area (Å²) < 4.78 is 0. The molecule has 116 valence electrons. The van der Waals surface area contributed by atoms with Gasteiger partial charge in [-0.1, -0.05) is 17.7 Å². The molecule has 0 aromatic heterocycles. The number of Topliss-reactive ketones (excluding diaryl/α,β-unsaturated/α-hetero) is 1. The largest absolute Gasteiger partial charge is 0.336 e. The lowest BCUT2D eigenvalue weighted by atomic mass is 10.2. The molecule has 2 aliphatic rings. The standard InChI is InChI=1S/C15H18N4O3/c1-10-3-5-12(6-4-10)17-7-8-18-13(21)14(22)19(9-11(2)20)16-15(17)18/h3-6,15-16H,7-9H2,1-2H3. The lowest BCUT2D eigenvalue weighted by Crippen LogP contribution is -2.68. The number of hydrogen-bond acceptors (Lipinski definition) is 5. The highest BCUT2D eigenvalue weighted by molar-refractivity contribution is 6.35. The van der Waals surface area contributed by atoms with Crippen LogP contribution in [0.2, 0.25) is 0 Å². The Morgan fingerprint density at radius 1 is 1.14 bits per heavy atom. The Kier molecular flexibility index (Phi) is 3.58. The summed E-state index contributed by atoms with van der Waals surface area (Å²) in [6.45, 7) is 4.39. The average Bonchev–Trinajstić information content (AvgIpc) is 2.88. The van der Waals surface area contributed by atoms with Gasteiger partial charge in [-0.3, -0.25) is 24.3 Å². The van der Waals surface area contributed by atoms with Crippen molar-refractivity contribution in [3.63, 3.8) is 0 Å². The SMILES string of the molecule is CC(=O)CN1NC2N(CCN2c2ccc(C)cc2)C(=O)C1=O. The Labute approximate surface area is 128 Å². The topological polar surface area (TPSA) is 73.0 Å². The van der Waals surface area contributed by atoms with Crippen molar-refractivity contribution in [3.8, 4) is 0 Å². The van der Waals surface area contributed by atoms with Crippen molar-refractivity contribution in [2.45, 2.75) is 20.1 Å². The van der Waals surface area contributed by atoms with Gasteiger partial charge >= 0.3 is 11.8 Å². The summed E-state index contributed by atoms with van der Waals surface area (Å²) in [5, 5.41) is 1.11. The third kappa shape index (κ3) is 2.43. The number of anilines is 1. The minimum Gasteiger partial charge on any atom is -0.336 e. The predicted molar refractivity (Wildman–Crippen MR) is 79.6 cm³/mol. The number of nitrogens with one attached hydrogen (secondary N) is 1. The zero-order valence-corrected chi connectivity index (χ0v) is 12.6. The molecular weight excluding hydrogens is 284 g/mol. The predicted octanol–water partition coefficient (Wildman–Crippen LogP) is -0.137. The van der Waals surface area contributed by atoms with E-state index in [-0.39, 0.29) is 12.3 Å². The van der Waals surface area contributed by atoms with Gasteiger partial charge in [0.05, 0.1) is 6.54 Å². The summed E-state index contributed by atoms with van der Waals surface area (Å²) in [4.78, 5) is 39.0. The van der Waals surface area contributed by atoms with Crippen molar-refractivity contribution >= 4 is 23.3 Å². The summed E-state index contributed by atoms with van der Waals surface area (Å²) in [5.74, 6) is -1.43. The number of rotatable bonds is 3. The van der Waals surface area contributed by atoms with Crippen molar-refractivity contribution in [1.29, 1.82) is 0 Å². The third-order valence-corrected chi connectivity index (χ3v) is 3.88. The number of aryl methyl sites for hydroxylation is 1. The van der Waals surface area contributed by atoms with Crippen LogP contribution in [0.4, 0.5) is 5.69 Å². The Balaban J connectivity index is 1.85. The number of nitrogens with zero attached hydrogens (tertiary/aromatic N) is 3. The van der Waals surface area contributed by atoms with Crippen LogP contribution in [0.25, 0.3) is 0 Å². The van der Waals surface area contributed by atoms with E-state index in [9.17, 15) is 14.4 Å². The molecule has 0 radical (unpaired) electrons. The van der Waals surface area contributed by atoms with Gasteiger partial charge in [-0.05, 0) is 26.0 Å². The molecule has 2 amide bonds. The maximum atomic E-state index is 12.2. The van der Waals surface area contributed by atoms with Crippen molar-refractivity contribution in [1.82, 2.24) is 15.3 Å². The van der Waals surface area contributed by atoms with E-state index in [1.54, 1.807) is 0 Å². The molecular formula is C15H18N4O3. The second-order valence-corrected chi connectivity index (χ2v) is 5.62. The van der Waals surface area contributed by atoms with E-state index in [1.165, 1.54) is 11.8 Å². The van der Waals surface area contributed by atoms with Crippen LogP contribution < -0.4 is 10.3 Å². The molecule has 1 atom stereocenters. The van der Waals surface area contributed by atoms with E-state index < -0.39 is 18.1 Å². The molecule has 0 spiro atoms. The Morgan fingerprint density at radius 2 is 1.77 bits per heavy atom. The number of carbonyl (C=O) groups is 3. The summed E-state index contributed by atoms with van der Waals surface area (Å²) in [5.41, 5.74) is 5.11. The lowest BCUT2D eigenvalue weighted by molar-refractivity contribution is -0.163. The maximum absolute atomic E-state index is 12.2. The highest BCUT2D eigenvalue weighted by Gasteiger charge is 2.45. The molecule has 2 saturated heterocycles. The smallest absolute Gasteiger partial charge is 0.326 e. The van der Waals surface area contributed by atoms with Gasteiger partial charge in [0.15, 0.2) is 12.1 Å². The Hall–Kier alpha value is -2.41. The van der Waals surface area contributed by atoms with Crippen LogP contribution in [0.1, 0.15) is 12.5 Å². The van der Waals surface area contributed by atoms with E-state index in [4.69, 9.17) is 0 Å². The van der Waals surface area contributed by atoms with E-state index in [0.717, 1.165) is 16.3 Å². The van der Waals surface area contributed by atoms with Crippen LogP contribution in [0, 0.1) is 6.92 Å². The van der Waals surface area contributed by atoms with Gasteiger partial charge in [0.25, 0.3) is 0 Å². The molecule has 1 N–H and O–H groups in total. The van der Waals surface area contributed by atoms with Gasteiger partial charge in [-0.25, -0.2) is 0 Å². The summed E-state index contributed by atoms with van der Waals surface area (Å²) >= 11 is 0.